The molecule has 2 fully saturated rings. The highest BCUT2D eigenvalue weighted by molar-refractivity contribution is 4.92. The van der Waals surface area contributed by atoms with Gasteiger partial charge < -0.3 is 4.74 Å². The fourth-order valence-corrected chi connectivity index (χ4v) is 4.18. The van der Waals surface area contributed by atoms with E-state index in [1.807, 2.05) is 6.08 Å². The Morgan fingerprint density at radius 1 is 0.952 bits per heavy atom. The molecule has 120 valence electrons. The molecule has 2 aliphatic carbocycles. The Kier molecular flexibility index (Phi) is 7.57. The summed E-state index contributed by atoms with van der Waals surface area (Å²) in [4.78, 5) is 0. The van der Waals surface area contributed by atoms with Crippen LogP contribution in [0.2, 0.25) is 0 Å². The van der Waals surface area contributed by atoms with Crippen LogP contribution in [0.1, 0.15) is 71.1 Å². The average Bonchev–Trinajstić information content (AvgIpc) is 2.54. The summed E-state index contributed by atoms with van der Waals surface area (Å²) in [7, 11) is 0. The molecule has 0 aromatic heterocycles. The minimum absolute atomic E-state index is 0.532. The number of rotatable bonds is 7. The molecule has 0 heterocycles. The number of ether oxygens (including phenoxy) is 1. The molecule has 0 aromatic rings. The van der Waals surface area contributed by atoms with Crippen molar-refractivity contribution in [2.75, 3.05) is 6.61 Å². The summed E-state index contributed by atoms with van der Waals surface area (Å²) in [6.07, 6.45) is 20.7. The van der Waals surface area contributed by atoms with Crippen molar-refractivity contribution in [3.63, 3.8) is 0 Å². The van der Waals surface area contributed by atoms with Crippen molar-refractivity contribution in [1.29, 1.82) is 0 Å². The van der Waals surface area contributed by atoms with Crippen LogP contribution in [0.4, 0.5) is 0 Å². The van der Waals surface area contributed by atoms with Gasteiger partial charge in [0, 0.05) is 0 Å². The minimum Gasteiger partial charge on any atom is -0.378 e. The van der Waals surface area contributed by atoms with Crippen LogP contribution in [0, 0.1) is 17.8 Å². The molecule has 0 bridgehead atoms. The predicted octanol–water partition coefficient (Wildman–Crippen LogP) is 5.91. The summed E-state index contributed by atoms with van der Waals surface area (Å²) in [6.45, 7) is 6.86. The summed E-state index contributed by atoms with van der Waals surface area (Å²) < 4.78 is 5.94. The Labute approximate surface area is 131 Å². The summed E-state index contributed by atoms with van der Waals surface area (Å²) in [5, 5.41) is 0. The fraction of sp³-hybridized carbons (Fsp3) is 0.800. The predicted molar refractivity (Wildman–Crippen MR) is 91.4 cm³/mol. The van der Waals surface area contributed by atoms with E-state index >= 15 is 0 Å². The van der Waals surface area contributed by atoms with E-state index in [9.17, 15) is 0 Å². The van der Waals surface area contributed by atoms with Gasteiger partial charge in [-0.3, -0.25) is 0 Å². The maximum absolute atomic E-state index is 5.94. The number of hydrogen-bond donors (Lipinski definition) is 0. The van der Waals surface area contributed by atoms with Gasteiger partial charge in [0.15, 0.2) is 0 Å². The Hall–Kier alpha value is -0.560. The van der Waals surface area contributed by atoms with Crippen LogP contribution in [0.3, 0.4) is 0 Å². The second kappa shape index (κ2) is 9.46. The average molecular weight is 290 g/mol. The minimum atomic E-state index is 0.532. The van der Waals surface area contributed by atoms with Gasteiger partial charge in [0.05, 0.1) is 12.7 Å². The van der Waals surface area contributed by atoms with E-state index in [0.29, 0.717) is 6.10 Å². The molecule has 0 atom stereocenters. The van der Waals surface area contributed by atoms with Gasteiger partial charge in [-0.15, -0.1) is 6.58 Å². The van der Waals surface area contributed by atoms with Crippen molar-refractivity contribution in [2.24, 2.45) is 17.8 Å². The Morgan fingerprint density at radius 2 is 1.57 bits per heavy atom. The highest BCUT2D eigenvalue weighted by Crippen LogP contribution is 2.40. The van der Waals surface area contributed by atoms with Gasteiger partial charge in [0.25, 0.3) is 0 Å². The molecule has 0 amide bonds. The third-order valence-corrected chi connectivity index (χ3v) is 5.52. The number of hydrogen-bond acceptors (Lipinski definition) is 1. The van der Waals surface area contributed by atoms with Gasteiger partial charge in [-0.1, -0.05) is 25.2 Å². The molecule has 0 saturated heterocycles. The van der Waals surface area contributed by atoms with Gasteiger partial charge in [-0.25, -0.2) is 0 Å². The van der Waals surface area contributed by atoms with Crippen LogP contribution in [-0.2, 0) is 4.74 Å². The van der Waals surface area contributed by atoms with Gasteiger partial charge in [-0.05, 0) is 82.0 Å². The zero-order valence-corrected chi connectivity index (χ0v) is 13.9. The largest absolute Gasteiger partial charge is 0.378 e. The molecule has 0 aliphatic heterocycles. The first-order valence-corrected chi connectivity index (χ1v) is 9.22. The SMILES string of the molecule is C=CCCOC1CCC(C2CCC(C=CCC)CC2)CC1. The normalized spacial score (nSPS) is 34.1. The summed E-state index contributed by atoms with van der Waals surface area (Å²) in [6, 6.07) is 0. The lowest BCUT2D eigenvalue weighted by Gasteiger charge is -2.37. The molecular weight excluding hydrogens is 256 g/mol. The van der Waals surface area contributed by atoms with E-state index in [1.165, 1.54) is 57.8 Å². The maximum Gasteiger partial charge on any atom is 0.0575 e. The third-order valence-electron chi connectivity index (χ3n) is 5.52. The van der Waals surface area contributed by atoms with Crippen molar-refractivity contribution in [3.8, 4) is 0 Å². The molecule has 2 saturated carbocycles. The van der Waals surface area contributed by atoms with Crippen molar-refractivity contribution in [1.82, 2.24) is 0 Å². The first-order chi connectivity index (χ1) is 10.3. The van der Waals surface area contributed by atoms with Crippen LogP contribution in [0.15, 0.2) is 24.8 Å². The van der Waals surface area contributed by atoms with Crippen molar-refractivity contribution in [3.05, 3.63) is 24.8 Å². The quantitative estimate of drug-likeness (QED) is 0.418. The van der Waals surface area contributed by atoms with E-state index in [1.54, 1.807) is 0 Å². The molecule has 2 aliphatic rings. The highest BCUT2D eigenvalue weighted by atomic mass is 16.5. The standard InChI is InChI=1S/C20H34O/c1-3-5-7-17-8-10-18(11-9-17)19-12-14-20(15-13-19)21-16-6-4-2/h4-5,7,17-20H,2-3,6,8-16H2,1H3. The van der Waals surface area contributed by atoms with E-state index < -0.39 is 0 Å². The van der Waals surface area contributed by atoms with Gasteiger partial charge in [0.1, 0.15) is 0 Å². The zero-order valence-electron chi connectivity index (χ0n) is 13.9. The van der Waals surface area contributed by atoms with E-state index in [4.69, 9.17) is 4.74 Å². The van der Waals surface area contributed by atoms with Crippen molar-refractivity contribution < 1.29 is 4.74 Å². The fourth-order valence-electron chi connectivity index (χ4n) is 4.18. The monoisotopic (exact) mass is 290 g/mol. The summed E-state index contributed by atoms with van der Waals surface area (Å²) in [5.41, 5.74) is 0. The Bertz CT molecular complexity index is 304. The van der Waals surface area contributed by atoms with Crippen molar-refractivity contribution in [2.45, 2.75) is 77.2 Å². The highest BCUT2D eigenvalue weighted by Gasteiger charge is 2.30. The van der Waals surface area contributed by atoms with Crippen LogP contribution < -0.4 is 0 Å². The van der Waals surface area contributed by atoms with E-state index in [2.05, 4.69) is 25.7 Å². The van der Waals surface area contributed by atoms with Gasteiger partial charge >= 0.3 is 0 Å². The molecule has 0 radical (unpaired) electrons. The smallest absolute Gasteiger partial charge is 0.0575 e. The lowest BCUT2D eigenvalue weighted by atomic mass is 9.70. The van der Waals surface area contributed by atoms with Gasteiger partial charge in [-0.2, -0.15) is 0 Å². The molecule has 0 N–H and O–H groups in total. The van der Waals surface area contributed by atoms with Crippen LogP contribution in [0.25, 0.3) is 0 Å². The molecule has 1 nitrogen and oxygen atoms in total. The third kappa shape index (κ3) is 5.62. The topological polar surface area (TPSA) is 9.23 Å². The lowest BCUT2D eigenvalue weighted by molar-refractivity contribution is 0.00984. The van der Waals surface area contributed by atoms with E-state index in [-0.39, 0.29) is 0 Å². The van der Waals surface area contributed by atoms with Crippen LogP contribution in [-0.4, -0.2) is 12.7 Å². The zero-order chi connectivity index (χ0) is 14.9. The first-order valence-electron chi connectivity index (χ1n) is 9.22. The van der Waals surface area contributed by atoms with E-state index in [0.717, 1.165) is 30.8 Å². The summed E-state index contributed by atoms with van der Waals surface area (Å²) >= 11 is 0. The molecule has 1 heteroatoms. The molecule has 0 unspecified atom stereocenters. The Morgan fingerprint density at radius 3 is 2.14 bits per heavy atom. The lowest BCUT2D eigenvalue weighted by Crippen LogP contribution is -2.28. The molecule has 0 spiro atoms. The Balaban J connectivity index is 1.64. The van der Waals surface area contributed by atoms with Crippen LogP contribution >= 0.6 is 0 Å². The summed E-state index contributed by atoms with van der Waals surface area (Å²) in [5.74, 6) is 2.87. The molecule has 21 heavy (non-hydrogen) atoms. The molecular formula is C20H34O. The van der Waals surface area contributed by atoms with Gasteiger partial charge in [0.2, 0.25) is 0 Å². The second-order valence-corrected chi connectivity index (χ2v) is 7.00. The molecule has 2 rings (SSSR count). The first kappa shape index (κ1) is 16.8. The maximum atomic E-state index is 5.94. The second-order valence-electron chi connectivity index (χ2n) is 7.00. The number of allylic oxidation sites excluding steroid dienone is 2. The van der Waals surface area contributed by atoms with Crippen LogP contribution in [0.5, 0.6) is 0 Å². The van der Waals surface area contributed by atoms with Crippen molar-refractivity contribution >= 4 is 0 Å². The molecule has 0 aromatic carbocycles.